The Morgan fingerprint density at radius 3 is 2.89 bits per heavy atom. The molecule has 0 fully saturated rings. The Balaban J connectivity index is 1.49. The highest BCUT2D eigenvalue weighted by Crippen LogP contribution is 2.24. The number of alkyl carbamates (subject to hydrolysis) is 1. The molecule has 1 atom stereocenters. The first-order valence-corrected chi connectivity index (χ1v) is 9.20. The van der Waals surface area contributed by atoms with Crippen LogP contribution in [-0.2, 0) is 20.6 Å². The van der Waals surface area contributed by atoms with E-state index in [0.29, 0.717) is 32.9 Å². The molecular weight excluding hydrogens is 352 g/mol. The molecule has 0 saturated carbocycles. The molecule has 0 aromatic carbocycles. The summed E-state index contributed by atoms with van der Waals surface area (Å²) in [6.07, 6.45) is 4.67. The SMILES string of the molecule is CN(CCOCCNC(=O)OC[C@H]1CCc2nccn21)C(=O)OC(C)(C)C. The van der Waals surface area contributed by atoms with Gasteiger partial charge in [0.2, 0.25) is 0 Å². The number of likely N-dealkylation sites (N-methyl/N-ethyl adjacent to an activating group) is 1. The molecule has 9 heteroatoms. The fraction of sp³-hybridized carbons (Fsp3) is 0.722. The molecule has 9 nitrogen and oxygen atoms in total. The summed E-state index contributed by atoms with van der Waals surface area (Å²) >= 11 is 0. The Hall–Kier alpha value is -2.29. The number of imidazole rings is 1. The molecular formula is C18H30N4O5. The van der Waals surface area contributed by atoms with E-state index in [4.69, 9.17) is 14.2 Å². The number of hydrogen-bond donors (Lipinski definition) is 1. The minimum Gasteiger partial charge on any atom is -0.447 e. The second kappa shape index (κ2) is 9.59. The van der Waals surface area contributed by atoms with Crippen LogP contribution in [0.4, 0.5) is 9.59 Å². The lowest BCUT2D eigenvalue weighted by atomic mass is 10.2. The van der Waals surface area contributed by atoms with Crippen LogP contribution in [0.3, 0.4) is 0 Å². The smallest absolute Gasteiger partial charge is 0.410 e. The number of rotatable bonds is 8. The predicted molar refractivity (Wildman–Crippen MR) is 98.6 cm³/mol. The van der Waals surface area contributed by atoms with Crippen LogP contribution in [0.5, 0.6) is 0 Å². The van der Waals surface area contributed by atoms with Gasteiger partial charge < -0.3 is 29.0 Å². The first-order valence-electron chi connectivity index (χ1n) is 9.20. The summed E-state index contributed by atoms with van der Waals surface area (Å²) in [6.45, 7) is 7.24. The van der Waals surface area contributed by atoms with Crippen molar-refractivity contribution in [2.24, 2.45) is 0 Å². The standard InChI is InChI=1S/C18H30N4O5/c1-18(2,3)27-17(24)21(4)10-12-25-11-8-20-16(23)26-13-14-5-6-15-19-7-9-22(14)15/h7,9,14H,5-6,8,10-13H2,1-4H3,(H,20,23)/t14-/m1/s1. The average molecular weight is 382 g/mol. The van der Waals surface area contributed by atoms with Crippen molar-refractivity contribution >= 4 is 12.2 Å². The van der Waals surface area contributed by atoms with Gasteiger partial charge in [0.15, 0.2) is 0 Å². The molecule has 0 bridgehead atoms. The van der Waals surface area contributed by atoms with Crippen LogP contribution in [-0.4, -0.2) is 72.2 Å². The van der Waals surface area contributed by atoms with Crippen molar-refractivity contribution in [2.75, 3.05) is 40.0 Å². The third-order valence-corrected chi connectivity index (χ3v) is 4.04. The fourth-order valence-electron chi connectivity index (χ4n) is 2.65. The van der Waals surface area contributed by atoms with E-state index in [-0.39, 0.29) is 12.1 Å². The zero-order valence-electron chi connectivity index (χ0n) is 16.6. The minimum absolute atomic E-state index is 0.160. The predicted octanol–water partition coefficient (Wildman–Crippen LogP) is 1.98. The van der Waals surface area contributed by atoms with Gasteiger partial charge in [-0.2, -0.15) is 0 Å². The summed E-state index contributed by atoms with van der Waals surface area (Å²) in [4.78, 5) is 29.2. The number of nitrogens with one attached hydrogen (secondary N) is 1. The van der Waals surface area contributed by atoms with E-state index < -0.39 is 11.7 Å². The maximum Gasteiger partial charge on any atom is 0.410 e. The molecule has 0 aliphatic carbocycles. The normalized spacial score (nSPS) is 15.9. The number of nitrogens with zero attached hydrogens (tertiary/aromatic N) is 3. The van der Waals surface area contributed by atoms with Gasteiger partial charge in [-0.3, -0.25) is 0 Å². The van der Waals surface area contributed by atoms with Crippen LogP contribution in [0.15, 0.2) is 12.4 Å². The third kappa shape index (κ3) is 7.09. The number of ether oxygens (including phenoxy) is 3. The molecule has 0 radical (unpaired) electrons. The van der Waals surface area contributed by atoms with Crippen LogP contribution in [0.25, 0.3) is 0 Å². The average Bonchev–Trinajstić information content (AvgIpc) is 3.18. The number of aromatic nitrogens is 2. The molecule has 1 aliphatic rings. The number of amides is 2. The zero-order chi connectivity index (χ0) is 19.9. The summed E-state index contributed by atoms with van der Waals surface area (Å²) in [7, 11) is 1.65. The van der Waals surface area contributed by atoms with Gasteiger partial charge in [-0.05, 0) is 27.2 Å². The van der Waals surface area contributed by atoms with Crippen molar-refractivity contribution in [3.05, 3.63) is 18.2 Å². The number of carbonyl (C=O) groups is 2. The summed E-state index contributed by atoms with van der Waals surface area (Å²) in [5.41, 5.74) is -0.519. The monoisotopic (exact) mass is 382 g/mol. The Labute approximate surface area is 160 Å². The van der Waals surface area contributed by atoms with Gasteiger partial charge in [0, 0.05) is 39.0 Å². The molecule has 2 amide bonds. The highest BCUT2D eigenvalue weighted by molar-refractivity contribution is 5.67. The van der Waals surface area contributed by atoms with Crippen molar-refractivity contribution in [3.8, 4) is 0 Å². The molecule has 1 N–H and O–H groups in total. The molecule has 0 unspecified atom stereocenters. The molecule has 152 valence electrons. The van der Waals surface area contributed by atoms with E-state index in [1.54, 1.807) is 13.2 Å². The first kappa shape index (κ1) is 21.0. The number of fused-ring (bicyclic) bond motifs is 1. The second-order valence-corrected chi connectivity index (χ2v) is 7.48. The van der Waals surface area contributed by atoms with Gasteiger partial charge in [-0.25, -0.2) is 14.6 Å². The quantitative estimate of drug-likeness (QED) is 0.691. The first-order chi connectivity index (χ1) is 12.8. The Morgan fingerprint density at radius 1 is 1.37 bits per heavy atom. The maximum absolute atomic E-state index is 11.8. The van der Waals surface area contributed by atoms with Crippen molar-refractivity contribution in [2.45, 2.75) is 45.3 Å². The zero-order valence-corrected chi connectivity index (χ0v) is 16.6. The molecule has 27 heavy (non-hydrogen) atoms. The highest BCUT2D eigenvalue weighted by Gasteiger charge is 2.23. The van der Waals surface area contributed by atoms with Crippen LogP contribution in [0.1, 0.15) is 39.1 Å². The highest BCUT2D eigenvalue weighted by atomic mass is 16.6. The van der Waals surface area contributed by atoms with Crippen LogP contribution in [0, 0.1) is 0 Å². The minimum atomic E-state index is -0.519. The molecule has 2 rings (SSSR count). The molecule has 2 heterocycles. The Bertz CT molecular complexity index is 626. The lowest BCUT2D eigenvalue weighted by Gasteiger charge is -2.24. The van der Waals surface area contributed by atoms with Crippen LogP contribution >= 0.6 is 0 Å². The molecule has 0 spiro atoms. The number of aryl methyl sites for hydroxylation is 1. The van der Waals surface area contributed by atoms with E-state index >= 15 is 0 Å². The lowest BCUT2D eigenvalue weighted by molar-refractivity contribution is 0.0233. The third-order valence-electron chi connectivity index (χ3n) is 4.04. The van der Waals surface area contributed by atoms with Crippen molar-refractivity contribution in [1.82, 2.24) is 19.8 Å². The van der Waals surface area contributed by atoms with Gasteiger partial charge in [0.05, 0.1) is 19.3 Å². The van der Waals surface area contributed by atoms with Crippen molar-refractivity contribution in [3.63, 3.8) is 0 Å². The van der Waals surface area contributed by atoms with Crippen molar-refractivity contribution in [1.29, 1.82) is 0 Å². The van der Waals surface area contributed by atoms with Gasteiger partial charge in [0.25, 0.3) is 0 Å². The van der Waals surface area contributed by atoms with Crippen LogP contribution < -0.4 is 5.32 Å². The van der Waals surface area contributed by atoms with Gasteiger partial charge >= 0.3 is 12.2 Å². The summed E-state index contributed by atoms with van der Waals surface area (Å²) in [6, 6.07) is 0.160. The van der Waals surface area contributed by atoms with E-state index in [2.05, 4.69) is 14.9 Å². The number of hydrogen-bond acceptors (Lipinski definition) is 6. The van der Waals surface area contributed by atoms with Gasteiger partial charge in [0.1, 0.15) is 18.0 Å². The van der Waals surface area contributed by atoms with Gasteiger partial charge in [-0.15, -0.1) is 0 Å². The van der Waals surface area contributed by atoms with Gasteiger partial charge in [-0.1, -0.05) is 0 Å². The Morgan fingerprint density at radius 2 is 2.15 bits per heavy atom. The summed E-state index contributed by atoms with van der Waals surface area (Å²) in [5.74, 6) is 1.04. The topological polar surface area (TPSA) is 94.9 Å². The molecule has 1 aromatic heterocycles. The molecule has 1 aliphatic heterocycles. The van der Waals surface area contributed by atoms with Crippen molar-refractivity contribution < 1.29 is 23.8 Å². The van der Waals surface area contributed by atoms with E-state index in [0.717, 1.165) is 18.7 Å². The maximum atomic E-state index is 11.8. The summed E-state index contributed by atoms with van der Waals surface area (Å²) in [5, 5.41) is 2.65. The largest absolute Gasteiger partial charge is 0.447 e. The van der Waals surface area contributed by atoms with E-state index in [9.17, 15) is 9.59 Å². The molecule has 1 aromatic rings. The van der Waals surface area contributed by atoms with E-state index in [1.807, 2.05) is 27.0 Å². The number of carbonyl (C=O) groups excluding carboxylic acids is 2. The summed E-state index contributed by atoms with van der Waals surface area (Å²) < 4.78 is 18.0. The fourth-order valence-corrected chi connectivity index (χ4v) is 2.65. The lowest BCUT2D eigenvalue weighted by Crippen LogP contribution is -2.36. The Kier molecular flexibility index (Phi) is 7.46. The van der Waals surface area contributed by atoms with E-state index in [1.165, 1.54) is 4.90 Å². The second-order valence-electron chi connectivity index (χ2n) is 7.48. The molecule has 0 saturated heterocycles. The van der Waals surface area contributed by atoms with Crippen LogP contribution in [0.2, 0.25) is 0 Å².